The lowest BCUT2D eigenvalue weighted by molar-refractivity contribution is -0.131. The molecule has 0 unspecified atom stereocenters. The number of nitrogens with zero attached hydrogens (tertiary/aromatic N) is 1. The number of hydrogen-bond acceptors (Lipinski definition) is 3. The van der Waals surface area contributed by atoms with Crippen LogP contribution < -0.4 is 0 Å². The van der Waals surface area contributed by atoms with Crippen molar-refractivity contribution in [1.29, 1.82) is 0 Å². The highest BCUT2D eigenvalue weighted by Gasteiger charge is 2.09. The molecule has 102 valence electrons. The van der Waals surface area contributed by atoms with Crippen LogP contribution in [0, 0.1) is 0 Å². The lowest BCUT2D eigenvalue weighted by Gasteiger charge is -2.16. The maximum Gasteiger partial charge on any atom is 0.261 e. The summed E-state index contributed by atoms with van der Waals surface area (Å²) in [6, 6.07) is 0. The third-order valence-corrected chi connectivity index (χ3v) is 2.28. The van der Waals surface area contributed by atoms with E-state index in [0.29, 0.717) is 6.54 Å². The predicted molar refractivity (Wildman–Crippen MR) is 60.0 cm³/mol. The van der Waals surface area contributed by atoms with E-state index in [-0.39, 0.29) is 25.5 Å². The Hall–Kier alpha value is -0.750. The highest BCUT2D eigenvalue weighted by Crippen LogP contribution is 2.00. The fourth-order valence-corrected chi connectivity index (χ4v) is 1.29. The number of carbonyl (C=O) groups is 1. The molecule has 0 fully saturated rings. The first kappa shape index (κ1) is 16.2. The lowest BCUT2D eigenvalue weighted by atomic mass is 10.2. The van der Waals surface area contributed by atoms with Crippen molar-refractivity contribution in [2.24, 2.45) is 0 Å². The summed E-state index contributed by atoms with van der Waals surface area (Å²) in [5.41, 5.74) is 0. The van der Waals surface area contributed by atoms with Gasteiger partial charge in [0.25, 0.3) is 6.43 Å². The van der Waals surface area contributed by atoms with Gasteiger partial charge in [0.2, 0.25) is 5.91 Å². The zero-order chi connectivity index (χ0) is 13.1. The van der Waals surface area contributed by atoms with Gasteiger partial charge in [-0.25, -0.2) is 8.78 Å². The minimum atomic E-state index is -2.48. The molecule has 0 aromatic heterocycles. The van der Waals surface area contributed by atoms with E-state index in [2.05, 4.69) is 4.74 Å². The zero-order valence-electron chi connectivity index (χ0n) is 10.2. The minimum absolute atomic E-state index is 0.0319. The second-order valence-corrected chi connectivity index (χ2v) is 3.82. The van der Waals surface area contributed by atoms with Gasteiger partial charge in [0.15, 0.2) is 0 Å². The van der Waals surface area contributed by atoms with E-state index in [1.807, 2.05) is 0 Å². The molecule has 0 aliphatic heterocycles. The summed E-state index contributed by atoms with van der Waals surface area (Å²) in [5.74, 6) is -0.108. The number of carbonyl (C=O) groups excluding carboxylic acids is 1. The van der Waals surface area contributed by atoms with Gasteiger partial charge in [-0.05, 0) is 19.3 Å². The van der Waals surface area contributed by atoms with Gasteiger partial charge in [0.1, 0.15) is 6.61 Å². The Morgan fingerprint density at radius 2 is 2.06 bits per heavy atom. The van der Waals surface area contributed by atoms with Crippen LogP contribution in [0.4, 0.5) is 8.78 Å². The van der Waals surface area contributed by atoms with E-state index in [0.717, 1.165) is 19.3 Å². The van der Waals surface area contributed by atoms with Crippen LogP contribution in [0.2, 0.25) is 0 Å². The Balaban J connectivity index is 3.47. The molecule has 0 saturated carbocycles. The lowest BCUT2D eigenvalue weighted by Crippen LogP contribution is -2.28. The fraction of sp³-hybridized carbons (Fsp3) is 0.909. The molecule has 0 aliphatic rings. The first-order valence-corrected chi connectivity index (χ1v) is 5.78. The van der Waals surface area contributed by atoms with E-state index in [1.54, 1.807) is 11.9 Å². The van der Waals surface area contributed by atoms with Gasteiger partial charge in [-0.2, -0.15) is 0 Å². The maximum atomic E-state index is 11.7. The molecule has 0 aromatic carbocycles. The van der Waals surface area contributed by atoms with Gasteiger partial charge in [0.05, 0.1) is 13.0 Å². The zero-order valence-corrected chi connectivity index (χ0v) is 10.2. The van der Waals surface area contributed by atoms with Crippen molar-refractivity contribution in [3.05, 3.63) is 0 Å². The van der Waals surface area contributed by atoms with E-state index in [4.69, 9.17) is 5.11 Å². The van der Waals surface area contributed by atoms with Gasteiger partial charge >= 0.3 is 0 Å². The molecular weight excluding hydrogens is 232 g/mol. The molecule has 0 spiro atoms. The van der Waals surface area contributed by atoms with Gasteiger partial charge in [-0.15, -0.1) is 0 Å². The standard InChI is InChI=1S/C11H21F2NO3/c1-14(6-3-2-4-7-15)11(16)5-8-17-9-10(12)13/h10,15H,2-9H2,1H3. The normalized spacial score (nSPS) is 10.9. The number of amides is 1. The molecule has 0 aliphatic carbocycles. The molecule has 0 atom stereocenters. The Bertz CT molecular complexity index is 203. The number of aliphatic hydroxyl groups excluding tert-OH is 1. The van der Waals surface area contributed by atoms with Gasteiger partial charge in [0, 0.05) is 20.2 Å². The van der Waals surface area contributed by atoms with Crippen molar-refractivity contribution in [1.82, 2.24) is 4.90 Å². The topological polar surface area (TPSA) is 49.8 Å². The average molecular weight is 253 g/mol. The van der Waals surface area contributed by atoms with Crippen molar-refractivity contribution >= 4 is 5.91 Å². The van der Waals surface area contributed by atoms with Gasteiger partial charge in [-0.3, -0.25) is 4.79 Å². The van der Waals surface area contributed by atoms with Crippen molar-refractivity contribution in [2.45, 2.75) is 32.1 Å². The summed E-state index contributed by atoms with van der Waals surface area (Å²) >= 11 is 0. The van der Waals surface area contributed by atoms with Crippen LogP contribution in [0.5, 0.6) is 0 Å². The molecule has 1 amide bonds. The average Bonchev–Trinajstić information content (AvgIpc) is 2.29. The third kappa shape index (κ3) is 10.1. The summed E-state index contributed by atoms with van der Waals surface area (Å²) in [6.45, 7) is 0.199. The SMILES string of the molecule is CN(CCCCCO)C(=O)CCOCC(F)F. The smallest absolute Gasteiger partial charge is 0.261 e. The van der Waals surface area contributed by atoms with Crippen LogP contribution in [0.3, 0.4) is 0 Å². The Morgan fingerprint density at radius 1 is 1.35 bits per heavy atom. The molecule has 0 rings (SSSR count). The predicted octanol–water partition coefficient (Wildman–Crippen LogP) is 1.28. The van der Waals surface area contributed by atoms with E-state index < -0.39 is 13.0 Å². The van der Waals surface area contributed by atoms with Crippen molar-refractivity contribution in [2.75, 3.05) is 33.4 Å². The molecule has 0 bridgehead atoms. The summed E-state index contributed by atoms with van der Waals surface area (Å²) in [7, 11) is 1.67. The number of halogens is 2. The highest BCUT2D eigenvalue weighted by atomic mass is 19.3. The summed E-state index contributed by atoms with van der Waals surface area (Å²) in [4.78, 5) is 13.0. The first-order valence-electron chi connectivity index (χ1n) is 5.78. The fourth-order valence-electron chi connectivity index (χ4n) is 1.29. The number of alkyl halides is 2. The van der Waals surface area contributed by atoms with E-state index >= 15 is 0 Å². The van der Waals surface area contributed by atoms with Crippen molar-refractivity contribution < 1.29 is 23.4 Å². The van der Waals surface area contributed by atoms with Crippen molar-refractivity contribution in [3.8, 4) is 0 Å². The Morgan fingerprint density at radius 3 is 2.65 bits per heavy atom. The summed E-state index contributed by atoms with van der Waals surface area (Å²) in [6.07, 6.45) is 0.0840. The third-order valence-electron chi connectivity index (χ3n) is 2.28. The van der Waals surface area contributed by atoms with Crippen LogP contribution in [0.1, 0.15) is 25.7 Å². The van der Waals surface area contributed by atoms with E-state index in [1.165, 1.54) is 0 Å². The molecule has 1 N–H and O–H groups in total. The van der Waals surface area contributed by atoms with Crippen LogP contribution in [-0.2, 0) is 9.53 Å². The van der Waals surface area contributed by atoms with Crippen LogP contribution in [-0.4, -0.2) is 55.8 Å². The number of aliphatic hydroxyl groups is 1. The van der Waals surface area contributed by atoms with Crippen molar-refractivity contribution in [3.63, 3.8) is 0 Å². The number of rotatable bonds is 10. The van der Waals surface area contributed by atoms with Crippen LogP contribution in [0.15, 0.2) is 0 Å². The summed E-state index contributed by atoms with van der Waals surface area (Å²) < 4.78 is 28.1. The van der Waals surface area contributed by atoms with Gasteiger partial charge in [-0.1, -0.05) is 0 Å². The molecule has 0 radical (unpaired) electrons. The van der Waals surface area contributed by atoms with E-state index in [9.17, 15) is 13.6 Å². The van der Waals surface area contributed by atoms with Crippen LogP contribution in [0.25, 0.3) is 0 Å². The second kappa shape index (κ2) is 10.4. The number of unbranched alkanes of at least 4 members (excludes halogenated alkanes) is 2. The molecule has 0 aromatic rings. The molecule has 6 heteroatoms. The Labute approximate surface area is 101 Å². The van der Waals surface area contributed by atoms with Crippen LogP contribution >= 0.6 is 0 Å². The largest absolute Gasteiger partial charge is 0.396 e. The summed E-state index contributed by atoms with van der Waals surface area (Å²) in [5, 5.41) is 8.57. The minimum Gasteiger partial charge on any atom is -0.396 e. The quantitative estimate of drug-likeness (QED) is 0.597. The highest BCUT2D eigenvalue weighted by molar-refractivity contribution is 5.75. The second-order valence-electron chi connectivity index (χ2n) is 3.82. The number of hydrogen-bond donors (Lipinski definition) is 1. The maximum absolute atomic E-state index is 11.7. The monoisotopic (exact) mass is 253 g/mol. The molecule has 0 saturated heterocycles. The Kier molecular flexibility index (Phi) is 9.95. The molecular formula is C11H21F2NO3. The first-order chi connectivity index (χ1) is 8.07. The molecule has 4 nitrogen and oxygen atoms in total. The molecule has 0 heterocycles. The number of ether oxygens (including phenoxy) is 1. The molecule has 17 heavy (non-hydrogen) atoms. The van der Waals surface area contributed by atoms with Gasteiger partial charge < -0.3 is 14.7 Å².